The van der Waals surface area contributed by atoms with Gasteiger partial charge >= 0.3 is 11.7 Å². The third-order valence-corrected chi connectivity index (χ3v) is 1.72. The van der Waals surface area contributed by atoms with Gasteiger partial charge in [-0.1, -0.05) is 0 Å². The van der Waals surface area contributed by atoms with Gasteiger partial charge in [-0.25, -0.2) is 4.79 Å². The van der Waals surface area contributed by atoms with Crippen molar-refractivity contribution in [3.8, 4) is 0 Å². The molecule has 6 nitrogen and oxygen atoms in total. The zero-order valence-corrected chi connectivity index (χ0v) is 7.69. The highest BCUT2D eigenvalue weighted by Crippen LogP contribution is 2.24. The zero-order chi connectivity index (χ0) is 11.6. The average molecular weight is 214 g/mol. The van der Waals surface area contributed by atoms with E-state index in [1.807, 2.05) is 0 Å². The van der Waals surface area contributed by atoms with Gasteiger partial charge in [0, 0.05) is 6.07 Å². The first-order valence-electron chi connectivity index (χ1n) is 3.79. The smallest absolute Gasteiger partial charge is 0.340 e. The number of nitrogens with two attached hydrogens (primary N) is 1. The van der Waals surface area contributed by atoms with Crippen molar-refractivity contribution >= 4 is 17.3 Å². The summed E-state index contributed by atoms with van der Waals surface area (Å²) in [7, 11) is 1.10. The number of nitrogen functional groups attached to an aromatic ring is 1. The van der Waals surface area contributed by atoms with Crippen LogP contribution >= 0.6 is 0 Å². The quantitative estimate of drug-likeness (QED) is 0.344. The van der Waals surface area contributed by atoms with E-state index in [9.17, 15) is 19.3 Å². The molecule has 0 aromatic heterocycles. The predicted molar refractivity (Wildman–Crippen MR) is 48.8 cm³/mol. The Morgan fingerprint density at radius 2 is 2.20 bits per heavy atom. The second-order valence-electron chi connectivity index (χ2n) is 2.64. The third-order valence-electron chi connectivity index (χ3n) is 1.72. The highest BCUT2D eigenvalue weighted by Gasteiger charge is 2.20. The predicted octanol–water partition coefficient (Wildman–Crippen LogP) is 1.10. The fraction of sp³-hybridized carbons (Fsp3) is 0.125. The first kappa shape index (κ1) is 10.9. The van der Waals surface area contributed by atoms with E-state index in [1.165, 1.54) is 0 Å². The monoisotopic (exact) mass is 214 g/mol. The molecule has 1 rings (SSSR count). The highest BCUT2D eigenvalue weighted by molar-refractivity contribution is 5.95. The highest BCUT2D eigenvalue weighted by atomic mass is 19.1. The number of halogens is 1. The number of rotatable bonds is 2. The van der Waals surface area contributed by atoms with Crippen molar-refractivity contribution in [3.63, 3.8) is 0 Å². The molecule has 0 aliphatic heterocycles. The molecule has 80 valence electrons. The summed E-state index contributed by atoms with van der Waals surface area (Å²) >= 11 is 0. The minimum atomic E-state index is -1.13. The molecule has 0 aliphatic carbocycles. The first-order chi connectivity index (χ1) is 6.97. The van der Waals surface area contributed by atoms with E-state index in [1.54, 1.807) is 0 Å². The van der Waals surface area contributed by atoms with E-state index in [2.05, 4.69) is 4.74 Å². The first-order valence-corrected chi connectivity index (χ1v) is 3.79. The van der Waals surface area contributed by atoms with Gasteiger partial charge in [-0.3, -0.25) is 10.1 Å². The fourth-order valence-electron chi connectivity index (χ4n) is 1.00. The van der Waals surface area contributed by atoms with Crippen molar-refractivity contribution in [2.24, 2.45) is 0 Å². The Labute approximate surface area is 83.6 Å². The van der Waals surface area contributed by atoms with Gasteiger partial charge in [-0.15, -0.1) is 0 Å². The van der Waals surface area contributed by atoms with Crippen molar-refractivity contribution in [2.75, 3.05) is 12.8 Å². The lowest BCUT2D eigenvalue weighted by Crippen LogP contribution is -2.07. The Hall–Kier alpha value is -2.18. The largest absolute Gasteiger partial charge is 0.465 e. The molecule has 0 radical (unpaired) electrons. The topological polar surface area (TPSA) is 95.5 Å². The molecule has 1 aromatic rings. The molecule has 0 heterocycles. The van der Waals surface area contributed by atoms with Gasteiger partial charge in [0.25, 0.3) is 0 Å². The van der Waals surface area contributed by atoms with Gasteiger partial charge in [0.15, 0.2) is 0 Å². The number of anilines is 1. The van der Waals surface area contributed by atoms with E-state index >= 15 is 0 Å². The average Bonchev–Trinajstić information content (AvgIpc) is 2.19. The molecule has 0 fully saturated rings. The van der Waals surface area contributed by atoms with E-state index in [0.29, 0.717) is 6.07 Å². The summed E-state index contributed by atoms with van der Waals surface area (Å²) in [6.45, 7) is 0. The summed E-state index contributed by atoms with van der Waals surface area (Å²) in [4.78, 5) is 20.4. The molecule has 0 amide bonds. The summed E-state index contributed by atoms with van der Waals surface area (Å²) in [6.07, 6.45) is 0. The number of hydrogen-bond acceptors (Lipinski definition) is 5. The fourth-order valence-corrected chi connectivity index (χ4v) is 1.00. The van der Waals surface area contributed by atoms with E-state index in [0.717, 1.165) is 13.2 Å². The molecule has 0 spiro atoms. The maximum absolute atomic E-state index is 13.1. The van der Waals surface area contributed by atoms with Gasteiger partial charge < -0.3 is 10.5 Å². The van der Waals surface area contributed by atoms with Crippen molar-refractivity contribution in [1.29, 1.82) is 0 Å². The number of carbonyl (C=O) groups excluding carboxylic acids is 1. The molecule has 0 atom stereocenters. The molecule has 0 saturated carbocycles. The van der Waals surface area contributed by atoms with Crippen LogP contribution in [0.5, 0.6) is 0 Å². The SMILES string of the molecule is COC(=O)c1cc(F)c([N+](=O)[O-])cc1N. The van der Waals surface area contributed by atoms with Crippen LogP contribution in [0, 0.1) is 15.9 Å². The van der Waals surface area contributed by atoms with E-state index in [-0.39, 0.29) is 11.3 Å². The van der Waals surface area contributed by atoms with Gasteiger partial charge in [0.05, 0.1) is 23.3 Å². The van der Waals surface area contributed by atoms with Crippen molar-refractivity contribution in [2.45, 2.75) is 0 Å². The van der Waals surface area contributed by atoms with Crippen molar-refractivity contribution in [3.05, 3.63) is 33.6 Å². The number of nitro benzene ring substituents is 1. The standard InChI is InChI=1S/C8H7FN2O4/c1-15-8(12)4-2-5(9)7(11(13)14)3-6(4)10/h2-3H,10H2,1H3. The van der Waals surface area contributed by atoms with Crippen LogP contribution in [0.15, 0.2) is 12.1 Å². The number of nitrogens with zero attached hydrogens (tertiary/aromatic N) is 1. The zero-order valence-electron chi connectivity index (χ0n) is 7.69. The number of esters is 1. The Morgan fingerprint density at radius 3 is 2.67 bits per heavy atom. The normalized spacial score (nSPS) is 9.73. The molecular weight excluding hydrogens is 207 g/mol. The van der Waals surface area contributed by atoms with Crippen LogP contribution in [0.2, 0.25) is 0 Å². The molecule has 0 bridgehead atoms. The van der Waals surface area contributed by atoms with Crippen LogP contribution in [0.25, 0.3) is 0 Å². The summed E-state index contributed by atoms with van der Waals surface area (Å²) in [5, 5.41) is 10.3. The lowest BCUT2D eigenvalue weighted by Gasteiger charge is -2.03. The van der Waals surface area contributed by atoms with Crippen LogP contribution in [-0.2, 0) is 4.74 Å². The third kappa shape index (κ3) is 2.01. The van der Waals surface area contributed by atoms with Crippen LogP contribution < -0.4 is 5.73 Å². The molecular formula is C8H7FN2O4. The number of benzene rings is 1. The number of nitro groups is 1. The Morgan fingerprint density at radius 1 is 1.60 bits per heavy atom. The summed E-state index contributed by atoms with van der Waals surface area (Å²) in [6, 6.07) is 1.46. The molecule has 0 aliphatic rings. The Bertz CT molecular complexity index is 433. The lowest BCUT2D eigenvalue weighted by molar-refractivity contribution is -0.387. The molecule has 2 N–H and O–H groups in total. The minimum Gasteiger partial charge on any atom is -0.465 e. The second-order valence-corrected chi connectivity index (χ2v) is 2.64. The van der Waals surface area contributed by atoms with Crippen LogP contribution in [0.3, 0.4) is 0 Å². The summed E-state index contributed by atoms with van der Waals surface area (Å²) < 4.78 is 17.4. The molecule has 7 heteroatoms. The van der Waals surface area contributed by atoms with E-state index in [4.69, 9.17) is 5.73 Å². The van der Waals surface area contributed by atoms with Gasteiger partial charge in [0.2, 0.25) is 5.82 Å². The van der Waals surface area contributed by atoms with Gasteiger partial charge in [-0.05, 0) is 6.07 Å². The molecule has 1 aromatic carbocycles. The molecule has 0 saturated heterocycles. The summed E-state index contributed by atoms with van der Waals surface area (Å²) in [5.41, 5.74) is 4.12. The van der Waals surface area contributed by atoms with Crippen LogP contribution in [0.1, 0.15) is 10.4 Å². The van der Waals surface area contributed by atoms with Crippen molar-refractivity contribution < 1.29 is 18.8 Å². The van der Waals surface area contributed by atoms with Crippen LogP contribution in [-0.4, -0.2) is 18.0 Å². The van der Waals surface area contributed by atoms with Crippen LogP contribution in [0.4, 0.5) is 15.8 Å². The second kappa shape index (κ2) is 3.91. The van der Waals surface area contributed by atoms with Gasteiger partial charge in [-0.2, -0.15) is 4.39 Å². The number of carbonyl (C=O) groups is 1. The molecule has 15 heavy (non-hydrogen) atoms. The molecule has 0 unspecified atom stereocenters. The Kier molecular flexibility index (Phi) is 2.84. The maximum atomic E-state index is 13.1. The summed E-state index contributed by atoms with van der Waals surface area (Å²) in [5.74, 6) is -1.98. The van der Waals surface area contributed by atoms with Gasteiger partial charge in [0.1, 0.15) is 0 Å². The maximum Gasteiger partial charge on any atom is 0.340 e. The van der Waals surface area contributed by atoms with E-state index < -0.39 is 22.4 Å². The number of ether oxygens (including phenoxy) is 1. The minimum absolute atomic E-state index is 0.199. The Balaban J connectivity index is 3.31. The number of methoxy groups -OCH3 is 1. The number of hydrogen-bond donors (Lipinski definition) is 1. The van der Waals surface area contributed by atoms with Crippen molar-refractivity contribution in [1.82, 2.24) is 0 Å². The lowest BCUT2D eigenvalue weighted by atomic mass is 10.1.